The molecule has 2 aromatic carbocycles. The van der Waals surface area contributed by atoms with E-state index < -0.39 is 40.9 Å². The van der Waals surface area contributed by atoms with E-state index in [4.69, 9.17) is 4.74 Å². The van der Waals surface area contributed by atoms with Gasteiger partial charge in [0.05, 0.1) is 24.0 Å². The Morgan fingerprint density at radius 1 is 1.05 bits per heavy atom. The first kappa shape index (κ1) is 23.6. The summed E-state index contributed by atoms with van der Waals surface area (Å²) in [5.74, 6) is -3.10. The lowest BCUT2D eigenvalue weighted by molar-refractivity contribution is -0.0197. The quantitative estimate of drug-likeness (QED) is 0.376. The molecule has 3 aliphatic rings. The highest BCUT2D eigenvalue weighted by molar-refractivity contribution is 7.99. The second-order valence-electron chi connectivity index (χ2n) is 9.23. The number of fused-ring (bicyclic) bond motifs is 6. The summed E-state index contributed by atoms with van der Waals surface area (Å²) in [5.41, 5.74) is 0.362. The van der Waals surface area contributed by atoms with Gasteiger partial charge < -0.3 is 14.7 Å². The summed E-state index contributed by atoms with van der Waals surface area (Å²) in [5, 5.41) is 12.8. The van der Waals surface area contributed by atoms with Crippen LogP contribution in [-0.4, -0.2) is 46.5 Å². The highest BCUT2D eigenvalue weighted by Crippen LogP contribution is 2.48. The van der Waals surface area contributed by atoms with Crippen molar-refractivity contribution in [3.05, 3.63) is 92.0 Å². The zero-order valence-corrected chi connectivity index (χ0v) is 21.1. The first-order valence-electron chi connectivity index (χ1n) is 11.8. The van der Waals surface area contributed by atoms with Gasteiger partial charge in [-0.1, -0.05) is 18.2 Å². The fourth-order valence-electron chi connectivity index (χ4n) is 5.56. The van der Waals surface area contributed by atoms with E-state index in [-0.39, 0.29) is 41.9 Å². The highest BCUT2D eigenvalue weighted by atomic mass is 32.2. The number of ether oxygens (including phenoxy) is 1. The molecule has 0 saturated carbocycles. The van der Waals surface area contributed by atoms with Gasteiger partial charge in [-0.25, -0.2) is 8.78 Å². The van der Waals surface area contributed by atoms with Crippen molar-refractivity contribution in [3.63, 3.8) is 0 Å². The third-order valence-electron chi connectivity index (χ3n) is 7.26. The molecule has 1 saturated heterocycles. The number of halogens is 3. The van der Waals surface area contributed by atoms with Crippen LogP contribution in [0.4, 0.5) is 13.2 Å². The van der Waals surface area contributed by atoms with E-state index in [1.165, 1.54) is 39.7 Å². The molecule has 0 spiro atoms. The molecule has 3 aliphatic heterocycles. The van der Waals surface area contributed by atoms with Gasteiger partial charge in [0, 0.05) is 35.0 Å². The van der Waals surface area contributed by atoms with Gasteiger partial charge in [-0.3, -0.25) is 19.3 Å². The maximum absolute atomic E-state index is 15.3. The Labute approximate surface area is 221 Å². The largest absolute Gasteiger partial charge is 0.502 e. The third kappa shape index (κ3) is 3.26. The van der Waals surface area contributed by atoms with Crippen molar-refractivity contribution in [2.75, 3.05) is 24.8 Å². The van der Waals surface area contributed by atoms with Crippen LogP contribution in [0.25, 0.3) is 10.1 Å². The maximum atomic E-state index is 15.3. The summed E-state index contributed by atoms with van der Waals surface area (Å²) in [7, 11) is 0. The van der Waals surface area contributed by atoms with E-state index in [9.17, 15) is 23.5 Å². The van der Waals surface area contributed by atoms with Crippen LogP contribution in [0.15, 0.2) is 52.3 Å². The number of aromatic hydroxyl groups is 1. The van der Waals surface area contributed by atoms with Crippen LogP contribution in [0.3, 0.4) is 0 Å². The van der Waals surface area contributed by atoms with E-state index in [0.29, 0.717) is 26.1 Å². The van der Waals surface area contributed by atoms with Gasteiger partial charge in [0.1, 0.15) is 6.17 Å². The fraction of sp³-hybridized carbons (Fsp3) is 0.231. The van der Waals surface area contributed by atoms with Gasteiger partial charge in [-0.05, 0) is 28.6 Å². The van der Waals surface area contributed by atoms with Crippen LogP contribution in [0.2, 0.25) is 0 Å². The van der Waals surface area contributed by atoms with Crippen LogP contribution in [0.1, 0.15) is 33.2 Å². The molecule has 4 aromatic rings. The average Bonchev–Trinajstić information content (AvgIpc) is 3.21. The predicted octanol–water partition coefficient (Wildman–Crippen LogP) is 4.33. The molecule has 5 heterocycles. The minimum Gasteiger partial charge on any atom is -0.502 e. The van der Waals surface area contributed by atoms with Gasteiger partial charge in [-0.15, -0.1) is 23.1 Å². The lowest BCUT2D eigenvalue weighted by Gasteiger charge is -2.51. The van der Waals surface area contributed by atoms with Crippen molar-refractivity contribution >= 4 is 39.1 Å². The summed E-state index contributed by atoms with van der Waals surface area (Å²) >= 11 is 2.27. The fourth-order valence-corrected chi connectivity index (χ4v) is 7.88. The van der Waals surface area contributed by atoms with Crippen molar-refractivity contribution < 1.29 is 27.8 Å². The van der Waals surface area contributed by atoms with E-state index in [1.807, 2.05) is 6.07 Å². The van der Waals surface area contributed by atoms with Crippen molar-refractivity contribution in [1.29, 1.82) is 0 Å². The maximum Gasteiger partial charge on any atom is 0.278 e. The zero-order valence-electron chi connectivity index (χ0n) is 19.5. The molecule has 7 nitrogen and oxygen atoms in total. The van der Waals surface area contributed by atoms with Crippen molar-refractivity contribution in [1.82, 2.24) is 9.58 Å². The topological polar surface area (TPSA) is 75.0 Å². The number of pyridine rings is 1. The standard InChI is InChI=1S/C26H18F3N3O4S2/c27-16-4-3-13-15(20(16)29)11-37-25-14(2-1-12-9-18(28)38-24(12)25)21(13)32-19-10-36-8-7-30(19)26(35)22-23(34)17(33)5-6-31(22)32/h1-6,9,19,21,34H,7-8,10-11H2/t19-,21-/m1/s1. The van der Waals surface area contributed by atoms with Crippen molar-refractivity contribution in [3.8, 4) is 5.75 Å². The van der Waals surface area contributed by atoms with Gasteiger partial charge in [0.2, 0.25) is 5.43 Å². The number of benzene rings is 2. The number of hydrogen-bond acceptors (Lipinski definition) is 7. The molecule has 0 radical (unpaired) electrons. The van der Waals surface area contributed by atoms with E-state index in [1.54, 1.807) is 11.1 Å². The Morgan fingerprint density at radius 2 is 1.87 bits per heavy atom. The molecule has 1 fully saturated rings. The van der Waals surface area contributed by atoms with E-state index >= 15 is 4.39 Å². The number of rotatable bonds is 1. The lowest BCUT2D eigenvalue weighted by atomic mass is 9.92. The molecule has 38 heavy (non-hydrogen) atoms. The molecular weight excluding hydrogens is 539 g/mol. The molecule has 0 aliphatic carbocycles. The van der Waals surface area contributed by atoms with Crippen LogP contribution in [-0.2, 0) is 10.5 Å². The van der Waals surface area contributed by atoms with Crippen LogP contribution in [0, 0.1) is 16.8 Å². The number of carbonyl (C=O) groups is 1. The molecule has 0 unspecified atom stereocenters. The third-order valence-corrected chi connectivity index (χ3v) is 9.51. The number of aromatic nitrogens is 1. The number of hydrogen-bond donors (Lipinski definition) is 1. The monoisotopic (exact) mass is 557 g/mol. The van der Waals surface area contributed by atoms with Gasteiger partial charge in [0.15, 0.2) is 28.2 Å². The Hall–Kier alpha value is -3.48. The molecule has 12 heteroatoms. The van der Waals surface area contributed by atoms with Gasteiger partial charge in [0.25, 0.3) is 5.91 Å². The summed E-state index contributed by atoms with van der Waals surface area (Å²) in [6, 6.07) is 7.96. The summed E-state index contributed by atoms with van der Waals surface area (Å²) in [4.78, 5) is 28.0. The summed E-state index contributed by atoms with van der Waals surface area (Å²) in [6.45, 7) is 0.569. The number of thioether (sulfide) groups is 1. The Morgan fingerprint density at radius 3 is 2.71 bits per heavy atom. The number of nitrogens with zero attached hydrogens (tertiary/aromatic N) is 3. The predicted molar refractivity (Wildman–Crippen MR) is 136 cm³/mol. The lowest BCUT2D eigenvalue weighted by Crippen LogP contribution is -2.66. The molecule has 2 atom stereocenters. The molecule has 1 N–H and O–H groups in total. The summed E-state index contributed by atoms with van der Waals surface area (Å²) in [6.07, 6.45) is 0.699. The van der Waals surface area contributed by atoms with Crippen molar-refractivity contribution in [2.45, 2.75) is 22.9 Å². The van der Waals surface area contributed by atoms with Crippen molar-refractivity contribution in [2.24, 2.45) is 0 Å². The molecule has 0 bridgehead atoms. The molecule has 7 rings (SSSR count). The van der Waals surface area contributed by atoms with Crippen LogP contribution in [0.5, 0.6) is 5.75 Å². The Kier molecular flexibility index (Phi) is 5.29. The van der Waals surface area contributed by atoms with Crippen LogP contribution < -0.4 is 10.4 Å². The molecule has 1 amide bonds. The highest BCUT2D eigenvalue weighted by Gasteiger charge is 2.46. The second-order valence-corrected chi connectivity index (χ2v) is 11.2. The Balaban J connectivity index is 1.57. The SMILES string of the molecule is O=C1c2c(O)c(=O)ccn2N([C@@H]2c3ccc(F)c(F)c3CSc3c2ccc2cc(F)sc32)[C@@H]2COCCN12. The molecule has 194 valence electrons. The van der Waals surface area contributed by atoms with E-state index in [0.717, 1.165) is 23.5 Å². The number of amides is 1. The number of thiophene rings is 1. The zero-order chi connectivity index (χ0) is 26.3. The number of carbonyl (C=O) groups excluding carboxylic acids is 1. The first-order valence-corrected chi connectivity index (χ1v) is 13.6. The minimum absolute atomic E-state index is 0.0982. The van der Waals surface area contributed by atoms with E-state index in [2.05, 4.69) is 0 Å². The summed E-state index contributed by atoms with van der Waals surface area (Å²) < 4.78 is 51.9. The van der Waals surface area contributed by atoms with Crippen LogP contribution >= 0.6 is 23.1 Å². The minimum atomic E-state index is -0.987. The number of morpholine rings is 1. The van der Waals surface area contributed by atoms with Gasteiger partial charge in [-0.2, -0.15) is 4.39 Å². The average molecular weight is 558 g/mol. The Bertz CT molecular complexity index is 1720. The normalized spacial score (nSPS) is 20.6. The van der Waals surface area contributed by atoms with Gasteiger partial charge >= 0.3 is 0 Å². The second kappa shape index (κ2) is 8.52. The molecule has 2 aromatic heterocycles. The first-order chi connectivity index (χ1) is 18.3. The smallest absolute Gasteiger partial charge is 0.278 e. The molecular formula is C26H18F3N3O4S2.